The summed E-state index contributed by atoms with van der Waals surface area (Å²) in [4.78, 5) is 18.5. The number of carbonyl (C=O) groups is 1. The summed E-state index contributed by atoms with van der Waals surface area (Å²) >= 11 is 7.67. The lowest BCUT2D eigenvalue weighted by Gasteiger charge is -2.28. The number of anilines is 1. The molecule has 0 radical (unpaired) electrons. The van der Waals surface area contributed by atoms with Crippen molar-refractivity contribution in [2.75, 3.05) is 18.5 Å². The molecule has 1 aliphatic rings. The van der Waals surface area contributed by atoms with E-state index in [2.05, 4.69) is 27.1 Å². The van der Waals surface area contributed by atoms with Crippen LogP contribution in [0, 0.1) is 11.8 Å². The van der Waals surface area contributed by atoms with Crippen molar-refractivity contribution in [1.82, 2.24) is 9.97 Å². The van der Waals surface area contributed by atoms with Crippen molar-refractivity contribution >= 4 is 44.9 Å². The molecule has 1 aliphatic heterocycles. The predicted molar refractivity (Wildman–Crippen MR) is 122 cm³/mol. The van der Waals surface area contributed by atoms with Crippen LogP contribution in [0.3, 0.4) is 0 Å². The van der Waals surface area contributed by atoms with E-state index in [1.807, 2.05) is 12.1 Å². The number of aliphatic carboxylic acids is 1. The fourth-order valence-electron chi connectivity index (χ4n) is 3.19. The van der Waals surface area contributed by atoms with Gasteiger partial charge < -0.3 is 30.4 Å². The lowest BCUT2D eigenvalue weighted by molar-refractivity contribution is -0.192. The number of aliphatic hydroxyl groups is 1. The van der Waals surface area contributed by atoms with Crippen LogP contribution in [0.2, 0.25) is 5.28 Å². The summed E-state index contributed by atoms with van der Waals surface area (Å²) in [5.74, 6) is 4.33. The number of hydrogen-bond donors (Lipinski definition) is 4. The van der Waals surface area contributed by atoms with Crippen LogP contribution in [0.15, 0.2) is 22.8 Å². The van der Waals surface area contributed by atoms with E-state index in [0.717, 1.165) is 28.2 Å². The van der Waals surface area contributed by atoms with Crippen LogP contribution in [0.1, 0.15) is 35.1 Å². The maximum Gasteiger partial charge on any atom is 0.490 e. The third-order valence-corrected chi connectivity index (χ3v) is 6.12. The molecule has 1 fully saturated rings. The Morgan fingerprint density at radius 1 is 1.40 bits per heavy atom. The number of hydrogen-bond acceptors (Lipinski definition) is 9. The first-order valence-electron chi connectivity index (χ1n) is 10.1. The molecule has 3 aromatic rings. The average Bonchev–Trinajstić information content (AvgIpc) is 3.44. The quantitative estimate of drug-likeness (QED) is 0.292. The van der Waals surface area contributed by atoms with Crippen LogP contribution >= 0.6 is 22.9 Å². The Hall–Kier alpha value is -2.89. The molecule has 1 saturated heterocycles. The number of carboxylic acid groups (broad SMARTS) is 1. The molecular formula is C21H20ClF3N4O5S. The number of furan rings is 1. The standard InChI is InChI=1S/C19H19ClN4O3S.C2HF3O2/c20-19-23-14-12(5-1-7-25)16(15-13(21)6-3-9-27-15)28-17(14)18(24-19)22-10-11-4-2-8-26-11;3-2(4,5)1(6)7/h2,4,8,13,15,25H,3,6-7,9-10,21H2,(H,22,23,24);(H,6,7)/t13-,15-;/m1./s1. The lowest BCUT2D eigenvalue weighted by atomic mass is 10.00. The van der Waals surface area contributed by atoms with E-state index in [4.69, 9.17) is 36.4 Å². The molecule has 0 bridgehead atoms. The summed E-state index contributed by atoms with van der Waals surface area (Å²) in [6, 6.07) is 3.58. The molecule has 2 atom stereocenters. The number of carboxylic acids is 1. The normalized spacial score (nSPS) is 17.8. The van der Waals surface area contributed by atoms with Gasteiger partial charge >= 0.3 is 12.1 Å². The number of thiophene rings is 1. The van der Waals surface area contributed by atoms with Gasteiger partial charge in [0.25, 0.3) is 0 Å². The minimum absolute atomic E-state index is 0.111. The Balaban J connectivity index is 0.000000429. The van der Waals surface area contributed by atoms with Gasteiger partial charge in [0.05, 0.1) is 27.9 Å². The van der Waals surface area contributed by atoms with Crippen LogP contribution in [0.4, 0.5) is 19.0 Å². The zero-order valence-electron chi connectivity index (χ0n) is 17.9. The van der Waals surface area contributed by atoms with Crippen LogP contribution in [-0.4, -0.2) is 51.6 Å². The number of aliphatic hydroxyl groups excluding tert-OH is 1. The second-order valence-corrected chi connectivity index (χ2v) is 8.54. The molecule has 0 saturated carbocycles. The molecule has 0 aromatic carbocycles. The van der Waals surface area contributed by atoms with Crippen molar-refractivity contribution in [3.63, 3.8) is 0 Å². The van der Waals surface area contributed by atoms with Crippen LogP contribution < -0.4 is 11.1 Å². The molecule has 4 rings (SSSR count). The first-order valence-corrected chi connectivity index (χ1v) is 11.3. The molecule has 35 heavy (non-hydrogen) atoms. The van der Waals surface area contributed by atoms with E-state index in [0.29, 0.717) is 30.0 Å². The van der Waals surface area contributed by atoms with E-state index in [-0.39, 0.29) is 24.0 Å². The summed E-state index contributed by atoms with van der Waals surface area (Å²) in [5.41, 5.74) is 7.63. The third-order valence-electron chi connectivity index (χ3n) is 4.71. The van der Waals surface area contributed by atoms with Gasteiger partial charge in [-0.2, -0.15) is 18.2 Å². The van der Waals surface area contributed by atoms with Gasteiger partial charge in [-0.1, -0.05) is 11.8 Å². The average molecular weight is 533 g/mol. The lowest BCUT2D eigenvalue weighted by Crippen LogP contribution is -2.34. The van der Waals surface area contributed by atoms with Gasteiger partial charge in [0.2, 0.25) is 5.28 Å². The van der Waals surface area contributed by atoms with Crippen LogP contribution in [-0.2, 0) is 16.1 Å². The number of nitrogens with two attached hydrogens (primary N) is 1. The maximum absolute atomic E-state index is 10.6. The van der Waals surface area contributed by atoms with Gasteiger partial charge in [0, 0.05) is 12.6 Å². The fourth-order valence-corrected chi connectivity index (χ4v) is 4.65. The number of fused-ring (bicyclic) bond motifs is 1. The second kappa shape index (κ2) is 11.7. The monoisotopic (exact) mass is 532 g/mol. The van der Waals surface area contributed by atoms with Crippen LogP contribution in [0.25, 0.3) is 10.2 Å². The van der Waals surface area contributed by atoms with E-state index in [9.17, 15) is 18.3 Å². The Kier molecular flexibility index (Phi) is 8.92. The molecule has 0 unspecified atom stereocenters. The Morgan fingerprint density at radius 2 is 2.14 bits per heavy atom. The number of rotatable bonds is 4. The topological polar surface area (TPSA) is 144 Å². The van der Waals surface area contributed by atoms with Crippen molar-refractivity contribution in [3.05, 3.63) is 39.9 Å². The Labute approximate surface area is 206 Å². The molecular weight excluding hydrogens is 513 g/mol. The summed E-state index contributed by atoms with van der Waals surface area (Å²) in [6.07, 6.45) is -1.93. The second-order valence-electron chi connectivity index (χ2n) is 7.15. The zero-order valence-corrected chi connectivity index (χ0v) is 19.5. The molecule has 14 heteroatoms. The highest BCUT2D eigenvalue weighted by molar-refractivity contribution is 7.20. The Morgan fingerprint density at radius 3 is 2.74 bits per heavy atom. The Bertz CT molecular complexity index is 1220. The predicted octanol–water partition coefficient (Wildman–Crippen LogP) is 3.71. The smallest absolute Gasteiger partial charge is 0.475 e. The van der Waals surface area contributed by atoms with Crippen molar-refractivity contribution in [3.8, 4) is 11.8 Å². The number of nitrogens with zero attached hydrogens (tertiary/aromatic N) is 2. The van der Waals surface area contributed by atoms with Crippen molar-refractivity contribution in [2.24, 2.45) is 5.73 Å². The zero-order chi connectivity index (χ0) is 25.6. The third kappa shape index (κ3) is 6.83. The summed E-state index contributed by atoms with van der Waals surface area (Å²) in [7, 11) is 0. The minimum Gasteiger partial charge on any atom is -0.475 e. The molecule has 9 nitrogen and oxygen atoms in total. The number of aromatic nitrogens is 2. The van der Waals surface area contributed by atoms with Gasteiger partial charge in [0.15, 0.2) is 0 Å². The van der Waals surface area contributed by atoms with Gasteiger partial charge in [-0.25, -0.2) is 9.78 Å². The highest BCUT2D eigenvalue weighted by Crippen LogP contribution is 2.41. The number of halogens is 4. The van der Waals surface area contributed by atoms with E-state index < -0.39 is 12.1 Å². The van der Waals surface area contributed by atoms with E-state index in [1.54, 1.807) is 6.26 Å². The summed E-state index contributed by atoms with van der Waals surface area (Å²) in [6.45, 7) is 0.853. The largest absolute Gasteiger partial charge is 0.490 e. The van der Waals surface area contributed by atoms with Gasteiger partial charge in [-0.15, -0.1) is 11.3 Å². The van der Waals surface area contributed by atoms with Crippen molar-refractivity contribution in [2.45, 2.75) is 37.7 Å². The molecule has 0 amide bonds. The minimum atomic E-state index is -5.08. The first-order chi connectivity index (χ1) is 16.6. The SMILES string of the molecule is N[C@@H]1CCCO[C@H]1c1sc2c(NCc3ccco3)nc(Cl)nc2c1C#CCO.O=C(O)C(F)(F)F. The number of ether oxygens (including phenoxy) is 1. The molecule has 0 spiro atoms. The fraction of sp³-hybridized carbons (Fsp3) is 0.381. The molecule has 4 heterocycles. The van der Waals surface area contributed by atoms with Crippen molar-refractivity contribution in [1.29, 1.82) is 0 Å². The molecule has 3 aromatic heterocycles. The molecule has 5 N–H and O–H groups in total. The first kappa shape index (κ1) is 26.7. The highest BCUT2D eigenvalue weighted by atomic mass is 35.5. The number of alkyl halides is 3. The van der Waals surface area contributed by atoms with Crippen molar-refractivity contribution < 1.29 is 37.3 Å². The molecule has 0 aliphatic carbocycles. The maximum atomic E-state index is 10.6. The van der Waals surface area contributed by atoms with E-state index in [1.165, 1.54) is 11.3 Å². The molecule has 188 valence electrons. The van der Waals surface area contributed by atoms with Gasteiger partial charge in [-0.05, 0) is 36.6 Å². The van der Waals surface area contributed by atoms with E-state index >= 15 is 0 Å². The van der Waals surface area contributed by atoms with Crippen LogP contribution in [0.5, 0.6) is 0 Å². The summed E-state index contributed by atoms with van der Waals surface area (Å²) < 4.78 is 43.9. The van der Waals surface area contributed by atoms with Gasteiger partial charge in [-0.3, -0.25) is 0 Å². The highest BCUT2D eigenvalue weighted by Gasteiger charge is 2.38. The number of nitrogens with one attached hydrogen (secondary N) is 1. The summed E-state index contributed by atoms with van der Waals surface area (Å²) in [5, 5.41) is 19.7. The van der Waals surface area contributed by atoms with Gasteiger partial charge in [0.1, 0.15) is 29.8 Å².